The van der Waals surface area contributed by atoms with Gasteiger partial charge in [-0.15, -0.1) is 0 Å². The average molecular weight is 267 g/mol. The van der Waals surface area contributed by atoms with Crippen molar-refractivity contribution >= 4 is 17.3 Å². The van der Waals surface area contributed by atoms with E-state index in [0.717, 1.165) is 37.1 Å². The van der Waals surface area contributed by atoms with Crippen LogP contribution in [-0.4, -0.2) is 19.1 Å². The minimum atomic E-state index is 0.719. The number of rotatable bonds is 7. The van der Waals surface area contributed by atoms with E-state index < -0.39 is 0 Å². The van der Waals surface area contributed by atoms with Crippen molar-refractivity contribution in [1.82, 2.24) is 5.32 Å². The van der Waals surface area contributed by atoms with Gasteiger partial charge in [0.2, 0.25) is 0 Å². The molecule has 0 radical (unpaired) electrons. The molecule has 0 spiro atoms. The third-order valence-electron chi connectivity index (χ3n) is 3.41. The standard InChI is InChI=1S/C15H23ClN2/c1-3-9-17-11-12-5-8-15(14(16)10-12)18(4-2)13-6-7-13/h5,8,10,13,17H,3-4,6-7,9,11H2,1-2H3. The zero-order valence-corrected chi connectivity index (χ0v) is 12.1. The molecular weight excluding hydrogens is 244 g/mol. The van der Waals surface area contributed by atoms with Crippen molar-refractivity contribution in [1.29, 1.82) is 0 Å². The van der Waals surface area contributed by atoms with Gasteiger partial charge in [0.05, 0.1) is 10.7 Å². The van der Waals surface area contributed by atoms with Crippen molar-refractivity contribution < 1.29 is 0 Å². The molecule has 0 saturated heterocycles. The molecule has 0 aliphatic heterocycles. The molecule has 0 aromatic heterocycles. The van der Waals surface area contributed by atoms with Crippen LogP contribution >= 0.6 is 11.6 Å². The fraction of sp³-hybridized carbons (Fsp3) is 0.600. The molecule has 1 aliphatic carbocycles. The molecule has 0 bridgehead atoms. The van der Waals surface area contributed by atoms with Crippen molar-refractivity contribution in [3.8, 4) is 0 Å². The van der Waals surface area contributed by atoms with E-state index in [-0.39, 0.29) is 0 Å². The van der Waals surface area contributed by atoms with Gasteiger partial charge >= 0.3 is 0 Å². The zero-order chi connectivity index (χ0) is 13.0. The summed E-state index contributed by atoms with van der Waals surface area (Å²) in [6.07, 6.45) is 3.78. The lowest BCUT2D eigenvalue weighted by Crippen LogP contribution is -2.25. The molecular formula is C15H23ClN2. The van der Waals surface area contributed by atoms with E-state index >= 15 is 0 Å². The van der Waals surface area contributed by atoms with E-state index in [1.54, 1.807) is 0 Å². The molecule has 3 heteroatoms. The van der Waals surface area contributed by atoms with Crippen LogP contribution in [0.1, 0.15) is 38.7 Å². The highest BCUT2D eigenvalue weighted by Crippen LogP contribution is 2.35. The lowest BCUT2D eigenvalue weighted by molar-refractivity contribution is 0.675. The first-order valence-electron chi connectivity index (χ1n) is 7.02. The van der Waals surface area contributed by atoms with Gasteiger partial charge in [0.1, 0.15) is 0 Å². The van der Waals surface area contributed by atoms with Crippen molar-refractivity contribution in [2.45, 2.75) is 45.7 Å². The summed E-state index contributed by atoms with van der Waals surface area (Å²) in [5, 5.41) is 4.29. The maximum Gasteiger partial charge on any atom is 0.0642 e. The Labute approximate surface area is 115 Å². The van der Waals surface area contributed by atoms with Gasteiger partial charge in [-0.3, -0.25) is 0 Å². The van der Waals surface area contributed by atoms with Crippen molar-refractivity contribution in [2.24, 2.45) is 0 Å². The van der Waals surface area contributed by atoms with E-state index in [9.17, 15) is 0 Å². The van der Waals surface area contributed by atoms with Gasteiger partial charge in [0.15, 0.2) is 0 Å². The highest BCUT2D eigenvalue weighted by atomic mass is 35.5. The normalized spacial score (nSPS) is 14.8. The van der Waals surface area contributed by atoms with Crippen LogP contribution in [0.4, 0.5) is 5.69 Å². The number of anilines is 1. The van der Waals surface area contributed by atoms with E-state index in [2.05, 4.69) is 42.3 Å². The maximum atomic E-state index is 6.42. The summed E-state index contributed by atoms with van der Waals surface area (Å²) in [5.41, 5.74) is 2.46. The number of nitrogens with zero attached hydrogens (tertiary/aromatic N) is 1. The Morgan fingerprint density at radius 3 is 2.67 bits per heavy atom. The molecule has 1 saturated carbocycles. The second-order valence-electron chi connectivity index (χ2n) is 4.98. The topological polar surface area (TPSA) is 15.3 Å². The molecule has 2 nitrogen and oxygen atoms in total. The van der Waals surface area contributed by atoms with Gasteiger partial charge in [-0.2, -0.15) is 0 Å². The van der Waals surface area contributed by atoms with Crippen molar-refractivity contribution in [2.75, 3.05) is 18.0 Å². The minimum Gasteiger partial charge on any atom is -0.368 e. The van der Waals surface area contributed by atoms with Gasteiger partial charge in [-0.1, -0.05) is 24.6 Å². The van der Waals surface area contributed by atoms with Gasteiger partial charge in [-0.05, 0) is 50.4 Å². The Morgan fingerprint density at radius 1 is 1.33 bits per heavy atom. The highest BCUT2D eigenvalue weighted by molar-refractivity contribution is 6.33. The molecule has 1 aliphatic rings. The summed E-state index contributed by atoms with van der Waals surface area (Å²) in [6, 6.07) is 7.18. The first kappa shape index (κ1) is 13.7. The van der Waals surface area contributed by atoms with Gasteiger partial charge in [0, 0.05) is 19.1 Å². The molecule has 1 fully saturated rings. The molecule has 0 unspecified atom stereocenters. The van der Waals surface area contributed by atoms with Gasteiger partial charge < -0.3 is 10.2 Å². The monoisotopic (exact) mass is 266 g/mol. The SMILES string of the molecule is CCCNCc1ccc(N(CC)C2CC2)c(Cl)c1. The smallest absolute Gasteiger partial charge is 0.0642 e. The molecule has 1 N–H and O–H groups in total. The van der Waals surface area contributed by atoms with Crippen LogP contribution in [0.3, 0.4) is 0 Å². The number of hydrogen-bond donors (Lipinski definition) is 1. The quantitative estimate of drug-likeness (QED) is 0.755. The zero-order valence-electron chi connectivity index (χ0n) is 11.4. The van der Waals surface area contributed by atoms with Crippen LogP contribution < -0.4 is 10.2 Å². The predicted molar refractivity (Wildman–Crippen MR) is 79.5 cm³/mol. The number of hydrogen-bond acceptors (Lipinski definition) is 2. The van der Waals surface area contributed by atoms with Crippen molar-refractivity contribution in [3.05, 3.63) is 28.8 Å². The van der Waals surface area contributed by atoms with E-state index in [1.807, 2.05) is 0 Å². The molecule has 2 rings (SSSR count). The van der Waals surface area contributed by atoms with Gasteiger partial charge in [0.25, 0.3) is 0 Å². The second-order valence-corrected chi connectivity index (χ2v) is 5.39. The van der Waals surface area contributed by atoms with Crippen LogP contribution in [0.15, 0.2) is 18.2 Å². The fourth-order valence-corrected chi connectivity index (χ4v) is 2.63. The summed E-state index contributed by atoms with van der Waals surface area (Å²) in [7, 11) is 0. The molecule has 1 aromatic rings. The lowest BCUT2D eigenvalue weighted by Gasteiger charge is -2.24. The van der Waals surface area contributed by atoms with Crippen LogP contribution in [0.5, 0.6) is 0 Å². The largest absolute Gasteiger partial charge is 0.368 e. The summed E-state index contributed by atoms with van der Waals surface area (Å²) in [6.45, 7) is 7.38. The summed E-state index contributed by atoms with van der Waals surface area (Å²) in [5.74, 6) is 0. The van der Waals surface area contributed by atoms with E-state index in [0.29, 0.717) is 0 Å². The van der Waals surface area contributed by atoms with Crippen molar-refractivity contribution in [3.63, 3.8) is 0 Å². The Bertz CT molecular complexity index is 388. The van der Waals surface area contributed by atoms with Crippen LogP contribution in [0, 0.1) is 0 Å². The second kappa shape index (κ2) is 6.44. The maximum absolute atomic E-state index is 6.42. The summed E-state index contributed by atoms with van der Waals surface area (Å²) >= 11 is 6.42. The molecule has 100 valence electrons. The van der Waals surface area contributed by atoms with E-state index in [4.69, 9.17) is 11.6 Å². The van der Waals surface area contributed by atoms with Crippen LogP contribution in [0.2, 0.25) is 5.02 Å². The Balaban J connectivity index is 2.04. The first-order valence-corrected chi connectivity index (χ1v) is 7.39. The molecule has 0 amide bonds. The molecule has 0 atom stereocenters. The number of nitrogens with one attached hydrogen (secondary N) is 1. The number of benzene rings is 1. The Morgan fingerprint density at radius 2 is 2.11 bits per heavy atom. The molecule has 18 heavy (non-hydrogen) atoms. The lowest BCUT2D eigenvalue weighted by atomic mass is 10.2. The Kier molecular flexibility index (Phi) is 4.90. The summed E-state index contributed by atoms with van der Waals surface area (Å²) in [4.78, 5) is 2.42. The summed E-state index contributed by atoms with van der Waals surface area (Å²) < 4.78 is 0. The predicted octanol–water partition coefficient (Wildman–Crippen LogP) is 3.83. The first-order chi connectivity index (χ1) is 8.76. The Hall–Kier alpha value is -0.730. The van der Waals surface area contributed by atoms with Crippen LogP contribution in [0.25, 0.3) is 0 Å². The number of halogens is 1. The highest BCUT2D eigenvalue weighted by Gasteiger charge is 2.29. The van der Waals surface area contributed by atoms with Crippen LogP contribution in [-0.2, 0) is 6.54 Å². The molecule has 1 aromatic carbocycles. The van der Waals surface area contributed by atoms with Gasteiger partial charge in [-0.25, -0.2) is 0 Å². The average Bonchev–Trinajstić information content (AvgIpc) is 3.17. The van der Waals surface area contributed by atoms with E-state index in [1.165, 1.54) is 24.1 Å². The third-order valence-corrected chi connectivity index (χ3v) is 3.71. The third kappa shape index (κ3) is 3.39. The fourth-order valence-electron chi connectivity index (χ4n) is 2.31. The molecule has 0 heterocycles. The minimum absolute atomic E-state index is 0.719.